The zero-order valence-corrected chi connectivity index (χ0v) is 22.3. The minimum atomic E-state index is -0.674. The number of carbonyl (C=O) groups is 2. The SMILES string of the molecule is COCCCNC(=O)[C@@H](Cc1c[nH]c2ccccc12)NC(=O)c1ccc(C23CC4CC(CC(C4)C2)C3)cc1. The van der Waals surface area contributed by atoms with Gasteiger partial charge in [0.25, 0.3) is 5.91 Å². The molecule has 7 rings (SSSR count). The van der Waals surface area contributed by atoms with E-state index in [9.17, 15) is 9.59 Å². The number of rotatable bonds is 10. The predicted octanol–water partition coefficient (Wildman–Crippen LogP) is 5.13. The molecule has 0 unspecified atom stereocenters. The molecule has 0 aliphatic heterocycles. The molecule has 2 aromatic carbocycles. The Hall–Kier alpha value is -3.12. The molecule has 0 radical (unpaired) electrons. The van der Waals surface area contributed by atoms with Crippen LogP contribution in [0.4, 0.5) is 0 Å². The van der Waals surface area contributed by atoms with Gasteiger partial charge in [0, 0.05) is 49.3 Å². The Labute approximate surface area is 224 Å². The summed E-state index contributed by atoms with van der Waals surface area (Å²) in [5.41, 5.74) is 4.35. The average molecular weight is 514 g/mol. The number of aromatic nitrogens is 1. The first-order chi connectivity index (χ1) is 18.5. The summed E-state index contributed by atoms with van der Waals surface area (Å²) in [5.74, 6) is 2.27. The molecule has 3 aromatic rings. The Morgan fingerprint density at radius 2 is 1.68 bits per heavy atom. The van der Waals surface area contributed by atoms with Gasteiger partial charge in [0.2, 0.25) is 5.91 Å². The highest BCUT2D eigenvalue weighted by atomic mass is 16.5. The van der Waals surface area contributed by atoms with Crippen LogP contribution in [0.5, 0.6) is 0 Å². The van der Waals surface area contributed by atoms with Gasteiger partial charge in [0.05, 0.1) is 0 Å². The summed E-state index contributed by atoms with van der Waals surface area (Å²) in [6, 6.07) is 15.6. The van der Waals surface area contributed by atoms with E-state index < -0.39 is 6.04 Å². The van der Waals surface area contributed by atoms with Crippen LogP contribution in [-0.4, -0.2) is 43.1 Å². The number of H-pyrrole nitrogens is 1. The number of para-hydroxylation sites is 1. The van der Waals surface area contributed by atoms with Crippen LogP contribution in [0, 0.1) is 17.8 Å². The van der Waals surface area contributed by atoms with Crippen LogP contribution in [0.25, 0.3) is 10.9 Å². The van der Waals surface area contributed by atoms with E-state index in [2.05, 4.69) is 27.8 Å². The maximum Gasteiger partial charge on any atom is 0.251 e. The zero-order valence-electron chi connectivity index (χ0n) is 22.3. The Balaban J connectivity index is 1.17. The molecule has 0 saturated heterocycles. The van der Waals surface area contributed by atoms with Crippen molar-refractivity contribution >= 4 is 22.7 Å². The van der Waals surface area contributed by atoms with Gasteiger partial charge in [-0.3, -0.25) is 9.59 Å². The van der Waals surface area contributed by atoms with Gasteiger partial charge in [0.15, 0.2) is 0 Å². The van der Waals surface area contributed by atoms with E-state index in [1.54, 1.807) is 7.11 Å². The lowest BCUT2D eigenvalue weighted by molar-refractivity contribution is -0.123. The lowest BCUT2D eigenvalue weighted by atomic mass is 9.48. The number of nitrogens with one attached hydrogen (secondary N) is 3. The van der Waals surface area contributed by atoms with E-state index in [1.165, 1.54) is 44.1 Å². The van der Waals surface area contributed by atoms with Crippen LogP contribution in [0.15, 0.2) is 54.7 Å². The summed E-state index contributed by atoms with van der Waals surface area (Å²) < 4.78 is 5.10. The normalized spacial score (nSPS) is 26.4. The Morgan fingerprint density at radius 1 is 1.00 bits per heavy atom. The molecule has 1 atom stereocenters. The lowest BCUT2D eigenvalue weighted by Crippen LogP contribution is -2.49. The predicted molar refractivity (Wildman–Crippen MR) is 149 cm³/mol. The number of aromatic amines is 1. The maximum absolute atomic E-state index is 13.4. The highest BCUT2D eigenvalue weighted by molar-refractivity contribution is 5.98. The second-order valence-electron chi connectivity index (χ2n) is 12.0. The number of fused-ring (bicyclic) bond motifs is 1. The number of carbonyl (C=O) groups excluding carboxylic acids is 2. The van der Waals surface area contributed by atoms with Crippen molar-refractivity contribution in [1.82, 2.24) is 15.6 Å². The summed E-state index contributed by atoms with van der Waals surface area (Å²) in [7, 11) is 1.65. The molecule has 1 aromatic heterocycles. The fourth-order valence-electron chi connectivity index (χ4n) is 7.96. The third-order valence-electron chi connectivity index (χ3n) is 9.34. The van der Waals surface area contributed by atoms with Crippen LogP contribution in [0.1, 0.15) is 66.4 Å². The number of benzene rings is 2. The van der Waals surface area contributed by atoms with Gasteiger partial charge >= 0.3 is 0 Å². The highest BCUT2D eigenvalue weighted by Crippen LogP contribution is 2.60. The third-order valence-corrected chi connectivity index (χ3v) is 9.34. The van der Waals surface area contributed by atoms with Gasteiger partial charge in [-0.25, -0.2) is 0 Å². The van der Waals surface area contributed by atoms with E-state index in [0.717, 1.165) is 40.6 Å². The van der Waals surface area contributed by atoms with Crippen molar-refractivity contribution in [3.05, 3.63) is 71.4 Å². The van der Waals surface area contributed by atoms with Crippen LogP contribution in [0.3, 0.4) is 0 Å². The molecule has 4 fully saturated rings. The van der Waals surface area contributed by atoms with E-state index in [0.29, 0.717) is 30.6 Å². The third kappa shape index (κ3) is 4.98. The van der Waals surface area contributed by atoms with E-state index in [1.807, 2.05) is 42.6 Å². The molecule has 200 valence electrons. The summed E-state index contributed by atoms with van der Waals surface area (Å²) in [4.78, 5) is 29.8. The smallest absolute Gasteiger partial charge is 0.251 e. The van der Waals surface area contributed by atoms with Crippen LogP contribution < -0.4 is 10.6 Å². The number of hydrogen-bond donors (Lipinski definition) is 3. The Kier molecular flexibility index (Phi) is 7.00. The Morgan fingerprint density at radius 3 is 2.37 bits per heavy atom. The minimum Gasteiger partial charge on any atom is -0.385 e. The lowest BCUT2D eigenvalue weighted by Gasteiger charge is -2.57. The largest absolute Gasteiger partial charge is 0.385 e. The van der Waals surface area contributed by atoms with Crippen LogP contribution in [-0.2, 0) is 21.4 Å². The fourth-order valence-corrected chi connectivity index (χ4v) is 7.96. The molecule has 38 heavy (non-hydrogen) atoms. The molecular weight excluding hydrogens is 474 g/mol. The molecule has 4 bridgehead atoms. The van der Waals surface area contributed by atoms with Crippen molar-refractivity contribution in [2.75, 3.05) is 20.3 Å². The molecule has 4 aliphatic rings. The van der Waals surface area contributed by atoms with Gasteiger partial charge < -0.3 is 20.4 Å². The molecule has 0 spiro atoms. The number of amides is 2. The van der Waals surface area contributed by atoms with Crippen molar-refractivity contribution in [3.8, 4) is 0 Å². The number of ether oxygens (including phenoxy) is 1. The van der Waals surface area contributed by atoms with Crippen molar-refractivity contribution < 1.29 is 14.3 Å². The van der Waals surface area contributed by atoms with Crippen molar-refractivity contribution in [2.24, 2.45) is 17.8 Å². The van der Waals surface area contributed by atoms with Gasteiger partial charge in [0.1, 0.15) is 6.04 Å². The van der Waals surface area contributed by atoms with Crippen molar-refractivity contribution in [1.29, 1.82) is 0 Å². The van der Waals surface area contributed by atoms with Gasteiger partial charge in [-0.15, -0.1) is 0 Å². The molecular formula is C32H39N3O3. The van der Waals surface area contributed by atoms with E-state index in [4.69, 9.17) is 4.74 Å². The Bertz CT molecular complexity index is 1260. The minimum absolute atomic E-state index is 0.176. The average Bonchev–Trinajstić information content (AvgIpc) is 3.33. The second-order valence-corrected chi connectivity index (χ2v) is 12.0. The summed E-state index contributed by atoms with van der Waals surface area (Å²) in [5, 5.41) is 7.08. The molecule has 6 nitrogen and oxygen atoms in total. The van der Waals surface area contributed by atoms with E-state index in [-0.39, 0.29) is 11.8 Å². The van der Waals surface area contributed by atoms with Gasteiger partial charge in [-0.2, -0.15) is 0 Å². The molecule has 4 saturated carbocycles. The first kappa shape index (κ1) is 25.2. The van der Waals surface area contributed by atoms with Gasteiger partial charge in [-0.05, 0) is 97.4 Å². The topological polar surface area (TPSA) is 83.2 Å². The molecule has 4 aliphatic carbocycles. The molecule has 6 heteroatoms. The zero-order chi connectivity index (χ0) is 26.1. The van der Waals surface area contributed by atoms with Crippen molar-refractivity contribution in [2.45, 2.75) is 62.8 Å². The number of hydrogen-bond acceptors (Lipinski definition) is 3. The van der Waals surface area contributed by atoms with Gasteiger partial charge in [-0.1, -0.05) is 30.3 Å². The summed E-state index contributed by atoms with van der Waals surface area (Å²) in [6.07, 6.45) is 11.3. The first-order valence-electron chi connectivity index (χ1n) is 14.3. The first-order valence-corrected chi connectivity index (χ1v) is 14.3. The monoisotopic (exact) mass is 513 g/mol. The van der Waals surface area contributed by atoms with Crippen LogP contribution >= 0.6 is 0 Å². The molecule has 1 heterocycles. The summed E-state index contributed by atoms with van der Waals surface area (Å²) in [6.45, 7) is 1.09. The van der Waals surface area contributed by atoms with Crippen molar-refractivity contribution in [3.63, 3.8) is 0 Å². The quantitative estimate of drug-likeness (QED) is 0.329. The number of methoxy groups -OCH3 is 1. The second kappa shape index (κ2) is 10.6. The van der Waals surface area contributed by atoms with Crippen LogP contribution in [0.2, 0.25) is 0 Å². The summed E-state index contributed by atoms with van der Waals surface area (Å²) >= 11 is 0. The standard InChI is InChI=1S/C32H39N3O3/c1-38-12-4-11-33-31(37)29(16-25-20-34-28-6-3-2-5-27(25)28)35-30(36)24-7-9-26(10-8-24)32-17-21-13-22(18-32)15-23(14-21)19-32/h2-3,5-10,20-23,29,34H,4,11-19H2,1H3,(H,33,37)(H,35,36)/t21?,22?,23?,29-,32?/m1/s1. The fraction of sp³-hybridized carbons (Fsp3) is 0.500. The molecule has 2 amide bonds. The van der Waals surface area contributed by atoms with E-state index >= 15 is 0 Å². The molecule has 3 N–H and O–H groups in total. The maximum atomic E-state index is 13.4. The highest BCUT2D eigenvalue weighted by Gasteiger charge is 2.51.